The Hall–Kier alpha value is -3.74. The first-order chi connectivity index (χ1) is 13.9. The lowest BCUT2D eigenvalue weighted by Gasteiger charge is -2.26. The van der Waals surface area contributed by atoms with Crippen molar-refractivity contribution in [3.05, 3.63) is 71.7 Å². The van der Waals surface area contributed by atoms with Crippen LogP contribution in [0.15, 0.2) is 60.3 Å². The third-order valence-electron chi connectivity index (χ3n) is 4.81. The lowest BCUT2D eigenvalue weighted by Crippen LogP contribution is -2.54. The van der Waals surface area contributed by atoms with Crippen molar-refractivity contribution in [1.29, 1.82) is 0 Å². The van der Waals surface area contributed by atoms with Gasteiger partial charge in [-0.2, -0.15) is 0 Å². The molecule has 1 aromatic heterocycles. The third-order valence-corrected chi connectivity index (χ3v) is 4.81. The lowest BCUT2D eigenvalue weighted by molar-refractivity contribution is -0.122. The number of imide groups is 2. The number of nitrogens with one attached hydrogen (secondary N) is 1. The monoisotopic (exact) mass is 391 g/mol. The van der Waals surface area contributed by atoms with E-state index in [0.717, 1.165) is 27.9 Å². The highest BCUT2D eigenvalue weighted by molar-refractivity contribution is 6.39. The molecule has 0 aliphatic carbocycles. The van der Waals surface area contributed by atoms with Crippen molar-refractivity contribution in [2.45, 2.75) is 19.9 Å². The van der Waals surface area contributed by atoms with Crippen LogP contribution < -0.4 is 10.2 Å². The van der Waals surface area contributed by atoms with Gasteiger partial charge in [0.2, 0.25) is 0 Å². The number of amides is 4. The normalized spacial score (nSPS) is 16.2. The summed E-state index contributed by atoms with van der Waals surface area (Å²) in [5.41, 5.74) is 1.68. The zero-order valence-electron chi connectivity index (χ0n) is 15.8. The number of aromatic nitrogens is 1. The molecule has 6 nitrogen and oxygen atoms in total. The highest BCUT2D eigenvalue weighted by Crippen LogP contribution is 2.28. The SMILES string of the molecule is CC(C)n1cc(/C=C2/C(=O)NC(=O)N(c3ccc(F)cc3)C2=O)c2ccccc21. The van der Waals surface area contributed by atoms with Crippen molar-refractivity contribution in [3.8, 4) is 0 Å². The second kappa shape index (κ2) is 7.01. The molecular weight excluding hydrogens is 373 g/mol. The Morgan fingerprint density at radius 3 is 2.38 bits per heavy atom. The van der Waals surface area contributed by atoms with Gasteiger partial charge in [-0.1, -0.05) is 18.2 Å². The molecule has 2 aromatic carbocycles. The number of barbiturate groups is 1. The van der Waals surface area contributed by atoms with Crippen LogP contribution >= 0.6 is 0 Å². The van der Waals surface area contributed by atoms with Gasteiger partial charge in [-0.15, -0.1) is 0 Å². The fourth-order valence-corrected chi connectivity index (χ4v) is 3.41. The summed E-state index contributed by atoms with van der Waals surface area (Å²) in [5.74, 6) is -2.02. The van der Waals surface area contributed by atoms with Crippen LogP contribution in [0.2, 0.25) is 0 Å². The van der Waals surface area contributed by atoms with Crippen molar-refractivity contribution >= 4 is 40.5 Å². The maximum atomic E-state index is 13.2. The minimum absolute atomic E-state index is 0.166. The molecule has 1 aliphatic heterocycles. The molecule has 0 saturated carbocycles. The first kappa shape index (κ1) is 18.6. The van der Waals surface area contributed by atoms with Gasteiger partial charge in [0.05, 0.1) is 5.69 Å². The van der Waals surface area contributed by atoms with E-state index in [1.165, 1.54) is 18.2 Å². The van der Waals surface area contributed by atoms with Gasteiger partial charge in [-0.05, 0) is 50.3 Å². The highest BCUT2D eigenvalue weighted by Gasteiger charge is 2.37. The Labute approximate surface area is 166 Å². The molecule has 29 heavy (non-hydrogen) atoms. The molecule has 1 aliphatic rings. The molecule has 0 unspecified atom stereocenters. The minimum Gasteiger partial charge on any atom is -0.344 e. The summed E-state index contributed by atoms with van der Waals surface area (Å²) in [7, 11) is 0. The van der Waals surface area contributed by atoms with Gasteiger partial charge < -0.3 is 4.57 Å². The quantitative estimate of drug-likeness (QED) is 0.541. The number of urea groups is 1. The second-order valence-corrected chi connectivity index (χ2v) is 7.04. The van der Waals surface area contributed by atoms with Gasteiger partial charge in [-0.3, -0.25) is 14.9 Å². The van der Waals surface area contributed by atoms with Gasteiger partial charge in [0.1, 0.15) is 11.4 Å². The van der Waals surface area contributed by atoms with E-state index in [-0.39, 0.29) is 17.3 Å². The average Bonchev–Trinajstić information content (AvgIpc) is 3.05. The Kier molecular flexibility index (Phi) is 4.50. The molecular formula is C22H18FN3O3. The fourth-order valence-electron chi connectivity index (χ4n) is 3.41. The van der Waals surface area contributed by atoms with Gasteiger partial charge in [-0.25, -0.2) is 14.1 Å². The van der Waals surface area contributed by atoms with Crippen molar-refractivity contribution in [3.63, 3.8) is 0 Å². The van der Waals surface area contributed by atoms with Crippen LogP contribution in [0, 0.1) is 5.82 Å². The van der Waals surface area contributed by atoms with Crippen molar-refractivity contribution in [2.24, 2.45) is 0 Å². The minimum atomic E-state index is -0.867. The summed E-state index contributed by atoms with van der Waals surface area (Å²) in [4.78, 5) is 38.5. The van der Waals surface area contributed by atoms with Gasteiger partial charge in [0.15, 0.2) is 0 Å². The van der Waals surface area contributed by atoms with Crippen molar-refractivity contribution in [1.82, 2.24) is 9.88 Å². The molecule has 1 fully saturated rings. The molecule has 1 saturated heterocycles. The summed E-state index contributed by atoms with van der Waals surface area (Å²) >= 11 is 0. The zero-order valence-corrected chi connectivity index (χ0v) is 15.8. The van der Waals surface area contributed by atoms with Crippen LogP contribution in [-0.4, -0.2) is 22.4 Å². The van der Waals surface area contributed by atoms with Gasteiger partial charge in [0, 0.05) is 28.7 Å². The predicted octanol–water partition coefficient (Wildman–Crippen LogP) is 4.03. The topological polar surface area (TPSA) is 71.4 Å². The first-order valence-corrected chi connectivity index (χ1v) is 9.13. The third kappa shape index (κ3) is 3.20. The van der Waals surface area contributed by atoms with Crippen LogP contribution in [0.3, 0.4) is 0 Å². The summed E-state index contributed by atoms with van der Waals surface area (Å²) in [6, 6.07) is 11.9. The lowest BCUT2D eigenvalue weighted by atomic mass is 10.1. The maximum Gasteiger partial charge on any atom is 0.335 e. The standard InChI is InChI=1S/C22H18FN3O3/c1-13(2)25-12-14(17-5-3-4-6-19(17)25)11-18-20(27)24-22(29)26(21(18)28)16-9-7-15(23)8-10-16/h3-13H,1-2H3,(H,24,27,29)/b18-11-. The molecule has 0 atom stereocenters. The molecule has 0 radical (unpaired) electrons. The number of hydrogen-bond donors (Lipinski definition) is 1. The molecule has 2 heterocycles. The van der Waals surface area contributed by atoms with E-state index in [9.17, 15) is 18.8 Å². The summed E-state index contributed by atoms with van der Waals surface area (Å²) in [5, 5.41) is 3.07. The average molecular weight is 391 g/mol. The summed E-state index contributed by atoms with van der Waals surface area (Å²) < 4.78 is 15.3. The Bertz CT molecular complexity index is 1180. The van der Waals surface area contributed by atoms with Crippen LogP contribution in [0.5, 0.6) is 0 Å². The summed E-state index contributed by atoms with van der Waals surface area (Å²) in [6.07, 6.45) is 3.36. The number of hydrogen-bond acceptors (Lipinski definition) is 3. The van der Waals surface area contributed by atoms with Crippen LogP contribution in [-0.2, 0) is 9.59 Å². The number of halogens is 1. The first-order valence-electron chi connectivity index (χ1n) is 9.13. The molecule has 0 spiro atoms. The highest BCUT2D eigenvalue weighted by atomic mass is 19.1. The number of nitrogens with zero attached hydrogens (tertiary/aromatic N) is 2. The van der Waals surface area contributed by atoms with Gasteiger partial charge in [0.25, 0.3) is 11.8 Å². The maximum absolute atomic E-state index is 13.2. The molecule has 7 heteroatoms. The van der Waals surface area contributed by atoms with Crippen molar-refractivity contribution < 1.29 is 18.8 Å². The smallest absolute Gasteiger partial charge is 0.335 e. The van der Waals surface area contributed by atoms with Crippen molar-refractivity contribution in [2.75, 3.05) is 4.90 Å². The molecule has 4 rings (SSSR count). The Morgan fingerprint density at radius 1 is 1.00 bits per heavy atom. The van der Waals surface area contributed by atoms with E-state index < -0.39 is 23.7 Å². The van der Waals surface area contributed by atoms with E-state index in [0.29, 0.717) is 5.56 Å². The molecule has 4 amide bonds. The van der Waals surface area contributed by atoms with Crippen LogP contribution in [0.25, 0.3) is 17.0 Å². The fraction of sp³-hybridized carbons (Fsp3) is 0.136. The van der Waals surface area contributed by atoms with Crippen LogP contribution in [0.1, 0.15) is 25.5 Å². The number of fused-ring (bicyclic) bond motifs is 1. The van der Waals surface area contributed by atoms with E-state index in [2.05, 4.69) is 9.88 Å². The van der Waals surface area contributed by atoms with E-state index in [1.807, 2.05) is 44.3 Å². The number of carbonyl (C=O) groups is 3. The molecule has 146 valence electrons. The van der Waals surface area contributed by atoms with Gasteiger partial charge >= 0.3 is 6.03 Å². The molecule has 1 N–H and O–H groups in total. The van der Waals surface area contributed by atoms with E-state index in [4.69, 9.17) is 0 Å². The number of benzene rings is 2. The number of anilines is 1. The molecule has 3 aromatic rings. The predicted molar refractivity (Wildman–Crippen MR) is 108 cm³/mol. The largest absolute Gasteiger partial charge is 0.344 e. The second-order valence-electron chi connectivity index (χ2n) is 7.04. The Balaban J connectivity index is 1.82. The Morgan fingerprint density at radius 2 is 1.69 bits per heavy atom. The number of carbonyl (C=O) groups excluding carboxylic acids is 3. The molecule has 0 bridgehead atoms. The zero-order chi connectivity index (χ0) is 20.7. The number of para-hydroxylation sites is 1. The number of rotatable bonds is 3. The van der Waals surface area contributed by atoms with Crippen LogP contribution in [0.4, 0.5) is 14.9 Å². The summed E-state index contributed by atoms with van der Waals surface area (Å²) in [6.45, 7) is 4.08. The van der Waals surface area contributed by atoms with E-state index >= 15 is 0 Å². The van der Waals surface area contributed by atoms with E-state index in [1.54, 1.807) is 0 Å².